The van der Waals surface area contributed by atoms with Gasteiger partial charge in [-0.2, -0.15) is 0 Å². The molecule has 0 amide bonds. The second-order valence-corrected chi connectivity index (χ2v) is 6.39. The van der Waals surface area contributed by atoms with Gasteiger partial charge in [-0.25, -0.2) is 0 Å². The van der Waals surface area contributed by atoms with Gasteiger partial charge in [-0.05, 0) is 18.1 Å². The molecule has 3 heteroatoms. The lowest BCUT2D eigenvalue weighted by Gasteiger charge is -2.28. The zero-order valence-electron chi connectivity index (χ0n) is 14.1. The topological polar surface area (TPSA) is 27.7 Å². The monoisotopic (exact) mass is 312 g/mol. The first kappa shape index (κ1) is 15.7. The Kier molecular flexibility index (Phi) is 4.46. The molecule has 23 heavy (non-hydrogen) atoms. The summed E-state index contributed by atoms with van der Waals surface area (Å²) in [5.41, 5.74) is 2.20. The summed E-state index contributed by atoms with van der Waals surface area (Å²) < 4.78 is 17.2. The van der Waals surface area contributed by atoms with Crippen molar-refractivity contribution in [2.75, 3.05) is 13.4 Å². The average Bonchev–Trinajstić information content (AvgIpc) is 3.02. The van der Waals surface area contributed by atoms with Crippen LogP contribution in [0.5, 0.6) is 17.2 Å². The molecular weight excluding hydrogens is 288 g/mol. The maximum Gasteiger partial charge on any atom is 0.231 e. The van der Waals surface area contributed by atoms with Crippen LogP contribution in [0.4, 0.5) is 0 Å². The Morgan fingerprint density at radius 3 is 2.43 bits per heavy atom. The Hall–Kier alpha value is -2.16. The van der Waals surface area contributed by atoms with Gasteiger partial charge in [0.1, 0.15) is 5.75 Å². The van der Waals surface area contributed by atoms with Crippen LogP contribution in [0.1, 0.15) is 44.7 Å². The van der Waals surface area contributed by atoms with E-state index in [4.69, 9.17) is 14.2 Å². The Morgan fingerprint density at radius 2 is 1.74 bits per heavy atom. The molecule has 0 aliphatic carbocycles. The molecule has 2 aromatic rings. The van der Waals surface area contributed by atoms with Crippen molar-refractivity contribution < 1.29 is 14.2 Å². The van der Waals surface area contributed by atoms with Crippen LogP contribution in [0, 0.1) is 0 Å². The molecule has 0 spiro atoms. The third kappa shape index (κ3) is 3.14. The van der Waals surface area contributed by atoms with Gasteiger partial charge in [-0.15, -0.1) is 0 Å². The van der Waals surface area contributed by atoms with Gasteiger partial charge in [0.2, 0.25) is 6.79 Å². The minimum Gasteiger partial charge on any atom is -0.493 e. The normalized spacial score (nSPS) is 13.2. The molecular formula is C20H24O3. The van der Waals surface area contributed by atoms with Crippen LogP contribution >= 0.6 is 0 Å². The summed E-state index contributed by atoms with van der Waals surface area (Å²) >= 11 is 0. The summed E-state index contributed by atoms with van der Waals surface area (Å²) in [4.78, 5) is 0. The molecule has 1 aliphatic rings. The molecule has 0 unspecified atom stereocenters. The Labute approximate surface area is 138 Å². The van der Waals surface area contributed by atoms with Crippen LogP contribution in [0.3, 0.4) is 0 Å². The van der Waals surface area contributed by atoms with Crippen LogP contribution in [-0.2, 0) is 5.41 Å². The van der Waals surface area contributed by atoms with E-state index in [9.17, 15) is 0 Å². The minimum absolute atomic E-state index is 0.177. The second kappa shape index (κ2) is 6.53. The van der Waals surface area contributed by atoms with Gasteiger partial charge < -0.3 is 14.2 Å². The number of rotatable bonds is 6. The number of hydrogen-bond donors (Lipinski definition) is 0. The van der Waals surface area contributed by atoms with Crippen LogP contribution in [0.15, 0.2) is 42.5 Å². The van der Waals surface area contributed by atoms with E-state index in [2.05, 4.69) is 51.1 Å². The molecule has 0 bridgehead atoms. The predicted molar refractivity (Wildman–Crippen MR) is 91.5 cm³/mol. The third-order valence-electron chi connectivity index (χ3n) is 4.40. The van der Waals surface area contributed by atoms with Crippen molar-refractivity contribution in [3.8, 4) is 17.2 Å². The van der Waals surface area contributed by atoms with Gasteiger partial charge in [0.15, 0.2) is 11.5 Å². The zero-order chi connectivity index (χ0) is 16.3. The van der Waals surface area contributed by atoms with Gasteiger partial charge in [0.25, 0.3) is 0 Å². The highest BCUT2D eigenvalue weighted by Gasteiger charge is 2.30. The number of hydrogen-bond acceptors (Lipinski definition) is 3. The lowest BCUT2D eigenvalue weighted by Crippen LogP contribution is -2.20. The number of benzene rings is 2. The summed E-state index contributed by atoms with van der Waals surface area (Å²) in [5.74, 6) is 2.45. The fraction of sp³-hybridized carbons (Fsp3) is 0.400. The Morgan fingerprint density at radius 1 is 1.04 bits per heavy atom. The molecule has 3 nitrogen and oxygen atoms in total. The smallest absolute Gasteiger partial charge is 0.231 e. The van der Waals surface area contributed by atoms with Crippen LogP contribution in [0.2, 0.25) is 0 Å². The highest BCUT2D eigenvalue weighted by atomic mass is 16.7. The molecule has 0 saturated carbocycles. The van der Waals surface area contributed by atoms with Crippen molar-refractivity contribution in [1.82, 2.24) is 0 Å². The van der Waals surface area contributed by atoms with Crippen molar-refractivity contribution >= 4 is 0 Å². The SMILES string of the molecule is CCCCOc1cc2c(cc1C(C)(C)c1ccccc1)OCO2. The summed E-state index contributed by atoms with van der Waals surface area (Å²) in [6.07, 6.45) is 2.15. The second-order valence-electron chi connectivity index (χ2n) is 6.39. The van der Waals surface area contributed by atoms with E-state index in [1.165, 1.54) is 5.56 Å². The van der Waals surface area contributed by atoms with Crippen LogP contribution in [0.25, 0.3) is 0 Å². The number of fused-ring (bicyclic) bond motifs is 1. The first-order chi connectivity index (χ1) is 11.1. The Bertz CT molecular complexity index is 662. The first-order valence-corrected chi connectivity index (χ1v) is 8.25. The van der Waals surface area contributed by atoms with Crippen molar-refractivity contribution in [3.05, 3.63) is 53.6 Å². The summed E-state index contributed by atoms with van der Waals surface area (Å²) in [5, 5.41) is 0. The minimum atomic E-state index is -0.177. The molecule has 0 N–H and O–H groups in total. The maximum absolute atomic E-state index is 6.08. The fourth-order valence-corrected chi connectivity index (χ4v) is 2.87. The largest absolute Gasteiger partial charge is 0.493 e. The predicted octanol–water partition coefficient (Wildman–Crippen LogP) is 4.92. The lowest BCUT2D eigenvalue weighted by atomic mass is 9.77. The molecule has 0 atom stereocenters. The molecule has 0 aromatic heterocycles. The van der Waals surface area contributed by atoms with E-state index in [-0.39, 0.29) is 12.2 Å². The van der Waals surface area contributed by atoms with Gasteiger partial charge in [0, 0.05) is 17.0 Å². The highest BCUT2D eigenvalue weighted by Crippen LogP contribution is 2.45. The standard InChI is InChI=1S/C20H24O3/c1-4-5-11-21-17-13-19-18(22-14-23-19)12-16(17)20(2,3)15-9-7-6-8-10-15/h6-10,12-13H,4-5,11,14H2,1-3H3. The van der Waals surface area contributed by atoms with E-state index in [0.29, 0.717) is 6.61 Å². The lowest BCUT2D eigenvalue weighted by molar-refractivity contribution is 0.173. The number of ether oxygens (including phenoxy) is 3. The average molecular weight is 312 g/mol. The molecule has 1 heterocycles. The van der Waals surface area contributed by atoms with Crippen molar-refractivity contribution in [3.63, 3.8) is 0 Å². The van der Waals surface area contributed by atoms with Crippen molar-refractivity contribution in [1.29, 1.82) is 0 Å². The molecule has 0 fully saturated rings. The van der Waals surface area contributed by atoms with Crippen LogP contribution in [-0.4, -0.2) is 13.4 Å². The van der Waals surface area contributed by atoms with Gasteiger partial charge in [0.05, 0.1) is 6.61 Å². The highest BCUT2D eigenvalue weighted by molar-refractivity contribution is 5.56. The molecule has 1 aliphatic heterocycles. The van der Waals surface area contributed by atoms with Gasteiger partial charge >= 0.3 is 0 Å². The van der Waals surface area contributed by atoms with E-state index in [1.54, 1.807) is 0 Å². The van der Waals surface area contributed by atoms with Gasteiger partial charge in [-0.1, -0.05) is 57.5 Å². The number of unbranched alkanes of at least 4 members (excludes halogenated alkanes) is 1. The van der Waals surface area contributed by atoms with E-state index < -0.39 is 0 Å². The Balaban J connectivity index is 2.02. The summed E-state index contributed by atoms with van der Waals surface area (Å²) in [7, 11) is 0. The maximum atomic E-state index is 6.08. The molecule has 0 saturated heterocycles. The molecule has 0 radical (unpaired) electrons. The van der Waals surface area contributed by atoms with E-state index >= 15 is 0 Å². The van der Waals surface area contributed by atoms with E-state index in [0.717, 1.165) is 35.7 Å². The fourth-order valence-electron chi connectivity index (χ4n) is 2.87. The molecule has 2 aromatic carbocycles. The van der Waals surface area contributed by atoms with Crippen LogP contribution < -0.4 is 14.2 Å². The summed E-state index contributed by atoms with van der Waals surface area (Å²) in [6.45, 7) is 7.59. The van der Waals surface area contributed by atoms with Crippen molar-refractivity contribution in [2.45, 2.75) is 39.0 Å². The third-order valence-corrected chi connectivity index (χ3v) is 4.40. The zero-order valence-corrected chi connectivity index (χ0v) is 14.1. The molecule has 3 rings (SSSR count). The first-order valence-electron chi connectivity index (χ1n) is 8.25. The van der Waals surface area contributed by atoms with Crippen molar-refractivity contribution in [2.24, 2.45) is 0 Å². The van der Waals surface area contributed by atoms with Gasteiger partial charge in [-0.3, -0.25) is 0 Å². The van der Waals surface area contributed by atoms with E-state index in [1.807, 2.05) is 12.1 Å². The quantitative estimate of drug-likeness (QED) is 0.709. The molecule has 122 valence electrons. The summed E-state index contributed by atoms with van der Waals surface area (Å²) in [6, 6.07) is 14.5.